The van der Waals surface area contributed by atoms with Crippen LogP contribution in [0.15, 0.2) is 109 Å². The van der Waals surface area contributed by atoms with E-state index in [9.17, 15) is 35.9 Å². The summed E-state index contributed by atoms with van der Waals surface area (Å²) in [7, 11) is 4.24. The first-order valence-corrected chi connectivity index (χ1v) is 24.9. The Morgan fingerprint density at radius 1 is 0.553 bits per heavy atom. The van der Waals surface area contributed by atoms with Crippen molar-refractivity contribution in [2.24, 2.45) is 17.2 Å². The van der Waals surface area contributed by atoms with Gasteiger partial charge in [0, 0.05) is 74.9 Å². The van der Waals surface area contributed by atoms with Gasteiger partial charge < -0.3 is 31.9 Å². The average Bonchev–Trinajstić information content (AvgIpc) is 3.36. The lowest BCUT2D eigenvalue weighted by Gasteiger charge is -2.36. The standard InChI is InChI=1S/C29H34F3N5O.C27H30F3N5O.2CH4/c1-36(2)23-13-15-37(16-14-23)24-10-7-20(8-11-24)17-28-34-19-25(29(30,31)32)26(35-28)12-9-21-5-3-4-6-22(21)18-27(33)38;28-27(29,30)23-17-33-26(15-18-5-8-22(9-6-18)35-13-11-21(31)12-14-35)34-24(23)10-7-19-3-1-2-4-20(19)16-25(32)36;;/h3-8,10-11,19,23H,9,12-18H2,1-2H3,(H2,33,38);1-6,8-9,17,21H,7,10-16,31H2,(H2,32,36);2*1H4. The number of halogens is 6. The van der Waals surface area contributed by atoms with Crippen LogP contribution in [0.25, 0.3) is 0 Å². The minimum atomic E-state index is -4.56. The monoisotopic (exact) mass is 1050 g/mol. The van der Waals surface area contributed by atoms with Crippen LogP contribution in [0.4, 0.5) is 37.7 Å². The summed E-state index contributed by atoms with van der Waals surface area (Å²) in [5.41, 5.74) is 22.0. The highest BCUT2D eigenvalue weighted by Crippen LogP contribution is 2.34. The summed E-state index contributed by atoms with van der Waals surface area (Å²) in [5.74, 6) is -0.294. The number of aryl methyl sites for hydroxylation is 4. The average molecular weight is 1060 g/mol. The molecule has 0 spiro atoms. The molecule has 2 amide bonds. The van der Waals surface area contributed by atoms with Crippen LogP contribution in [-0.2, 0) is 73.3 Å². The van der Waals surface area contributed by atoms with Crippen LogP contribution in [0.2, 0.25) is 0 Å². The summed E-state index contributed by atoms with van der Waals surface area (Å²) < 4.78 is 82.2. The second-order valence-corrected chi connectivity index (χ2v) is 19.3. The molecule has 6 N–H and O–H groups in total. The zero-order valence-corrected chi connectivity index (χ0v) is 41.8. The molecule has 8 rings (SSSR count). The maximum Gasteiger partial charge on any atom is 0.419 e. The lowest BCUT2D eigenvalue weighted by atomic mass is 9.98. The number of carbonyl (C=O) groups excluding carboxylic acids is 2. The molecule has 408 valence electrons. The largest absolute Gasteiger partial charge is 0.419 e. The number of amides is 2. The Morgan fingerprint density at radius 3 is 1.25 bits per heavy atom. The SMILES string of the molecule is C.C.CN(C)C1CCN(c2ccc(Cc3ncc(C(F)(F)F)c(CCc4ccccc4CC(N)=O)n3)cc2)CC1.NC(=O)Cc1ccccc1CCc1nc(Cc2ccc(N3CCC(N)CC3)cc2)ncc1C(F)(F)F. The van der Waals surface area contributed by atoms with Crippen LogP contribution in [0, 0.1) is 0 Å². The molecule has 0 saturated carbocycles. The number of primary amides is 2. The van der Waals surface area contributed by atoms with E-state index in [1.54, 1.807) is 48.5 Å². The Kier molecular flexibility index (Phi) is 21.5. The van der Waals surface area contributed by atoms with E-state index < -0.39 is 35.3 Å². The number of nitrogens with two attached hydrogens (primary N) is 3. The van der Waals surface area contributed by atoms with Gasteiger partial charge in [-0.2, -0.15) is 26.3 Å². The maximum absolute atomic E-state index is 13.7. The van der Waals surface area contributed by atoms with Gasteiger partial charge in [-0.3, -0.25) is 9.59 Å². The van der Waals surface area contributed by atoms with Crippen molar-refractivity contribution in [3.63, 3.8) is 0 Å². The van der Waals surface area contributed by atoms with Gasteiger partial charge in [-0.15, -0.1) is 0 Å². The van der Waals surface area contributed by atoms with E-state index in [1.807, 2.05) is 36.4 Å². The Morgan fingerprint density at radius 2 is 0.908 bits per heavy atom. The predicted molar refractivity (Wildman–Crippen MR) is 288 cm³/mol. The van der Waals surface area contributed by atoms with Gasteiger partial charge in [0.25, 0.3) is 0 Å². The smallest absolute Gasteiger partial charge is 0.371 e. The number of aromatic nitrogens is 4. The zero-order valence-electron chi connectivity index (χ0n) is 41.8. The molecule has 18 heteroatoms. The number of hydrogen-bond donors (Lipinski definition) is 3. The highest BCUT2D eigenvalue weighted by atomic mass is 19.4. The summed E-state index contributed by atoms with van der Waals surface area (Å²) in [5, 5.41) is 0. The first-order chi connectivity index (χ1) is 35.3. The number of benzene rings is 4. The molecule has 0 aliphatic carbocycles. The van der Waals surface area contributed by atoms with Crippen molar-refractivity contribution in [2.45, 2.75) is 116 Å². The molecule has 0 bridgehead atoms. The van der Waals surface area contributed by atoms with Crippen LogP contribution < -0.4 is 27.0 Å². The molecular formula is C58H72F6N10O2. The van der Waals surface area contributed by atoms with Crippen LogP contribution in [0.5, 0.6) is 0 Å². The molecule has 0 radical (unpaired) electrons. The minimum absolute atomic E-state index is 0. The third-order valence-electron chi connectivity index (χ3n) is 13.7. The van der Waals surface area contributed by atoms with Crippen molar-refractivity contribution in [3.05, 3.63) is 177 Å². The van der Waals surface area contributed by atoms with Crippen LogP contribution in [-0.4, -0.2) is 89.0 Å². The van der Waals surface area contributed by atoms with Gasteiger partial charge >= 0.3 is 12.4 Å². The Balaban J connectivity index is 0.000000274. The summed E-state index contributed by atoms with van der Waals surface area (Å²) in [4.78, 5) is 46.4. The summed E-state index contributed by atoms with van der Waals surface area (Å²) in [6.45, 7) is 3.81. The van der Waals surface area contributed by atoms with Crippen molar-refractivity contribution in [3.8, 4) is 0 Å². The van der Waals surface area contributed by atoms with Crippen LogP contribution >= 0.6 is 0 Å². The van der Waals surface area contributed by atoms with E-state index in [0.717, 1.165) is 97.9 Å². The van der Waals surface area contributed by atoms with E-state index in [1.165, 1.54) is 0 Å². The van der Waals surface area contributed by atoms with Gasteiger partial charge in [0.1, 0.15) is 11.6 Å². The first-order valence-electron chi connectivity index (χ1n) is 24.9. The second kappa shape index (κ2) is 27.2. The zero-order chi connectivity index (χ0) is 53.0. The van der Waals surface area contributed by atoms with E-state index in [2.05, 4.69) is 60.9 Å². The number of piperidine rings is 2. The third kappa shape index (κ3) is 17.0. The van der Waals surface area contributed by atoms with E-state index in [0.29, 0.717) is 54.5 Å². The van der Waals surface area contributed by atoms with Crippen molar-refractivity contribution in [1.82, 2.24) is 24.8 Å². The number of carbonyl (C=O) groups is 2. The summed E-state index contributed by atoms with van der Waals surface area (Å²) in [6, 6.07) is 31.2. The first kappa shape index (κ1) is 60.0. The molecular weight excluding hydrogens is 983 g/mol. The molecule has 4 aromatic carbocycles. The number of nitrogens with zero attached hydrogens (tertiary/aromatic N) is 7. The van der Waals surface area contributed by atoms with E-state index in [-0.39, 0.29) is 58.0 Å². The lowest BCUT2D eigenvalue weighted by Crippen LogP contribution is -2.41. The fourth-order valence-corrected chi connectivity index (χ4v) is 9.58. The second-order valence-electron chi connectivity index (χ2n) is 19.3. The van der Waals surface area contributed by atoms with Gasteiger partial charge in [0.2, 0.25) is 11.8 Å². The summed E-state index contributed by atoms with van der Waals surface area (Å²) >= 11 is 0. The minimum Gasteiger partial charge on any atom is -0.371 e. The summed E-state index contributed by atoms with van der Waals surface area (Å²) in [6.07, 6.45) is -1.71. The molecule has 0 unspecified atom stereocenters. The molecule has 2 saturated heterocycles. The molecule has 4 heterocycles. The van der Waals surface area contributed by atoms with Gasteiger partial charge in [-0.1, -0.05) is 87.6 Å². The van der Waals surface area contributed by atoms with Crippen LogP contribution in [0.3, 0.4) is 0 Å². The number of anilines is 2. The molecule has 6 aromatic rings. The lowest BCUT2D eigenvalue weighted by molar-refractivity contribution is -0.139. The van der Waals surface area contributed by atoms with Crippen molar-refractivity contribution < 1.29 is 35.9 Å². The van der Waals surface area contributed by atoms with Gasteiger partial charge in [-0.25, -0.2) is 19.9 Å². The topological polar surface area (TPSA) is 173 Å². The fraction of sp³-hybridized carbons (Fsp3) is 0.414. The highest BCUT2D eigenvalue weighted by molar-refractivity contribution is 5.77. The maximum atomic E-state index is 13.7. The van der Waals surface area contributed by atoms with Crippen molar-refractivity contribution >= 4 is 23.2 Å². The molecule has 12 nitrogen and oxygen atoms in total. The van der Waals surface area contributed by atoms with E-state index >= 15 is 0 Å². The Bertz CT molecular complexity index is 2810. The quantitative estimate of drug-likeness (QED) is 0.0747. The Labute approximate surface area is 443 Å². The predicted octanol–water partition coefficient (Wildman–Crippen LogP) is 9.53. The van der Waals surface area contributed by atoms with E-state index in [4.69, 9.17) is 17.2 Å². The molecule has 2 aromatic heterocycles. The highest BCUT2D eigenvalue weighted by Gasteiger charge is 2.36. The third-order valence-corrected chi connectivity index (χ3v) is 13.7. The molecule has 2 aliphatic heterocycles. The Hall–Kier alpha value is -6.92. The van der Waals surface area contributed by atoms with Crippen molar-refractivity contribution in [1.29, 1.82) is 0 Å². The van der Waals surface area contributed by atoms with Crippen LogP contribution in [0.1, 0.15) is 108 Å². The number of rotatable bonds is 17. The number of hydrogen-bond acceptors (Lipinski definition) is 10. The van der Waals surface area contributed by atoms with Crippen molar-refractivity contribution in [2.75, 3.05) is 50.1 Å². The molecule has 2 aliphatic rings. The fourth-order valence-electron chi connectivity index (χ4n) is 9.58. The van der Waals surface area contributed by atoms with Gasteiger partial charge in [0.05, 0.1) is 35.4 Å². The normalized spacial score (nSPS) is 14.3. The molecule has 2 fully saturated rings. The molecule has 76 heavy (non-hydrogen) atoms. The van der Waals surface area contributed by atoms with Gasteiger partial charge in [-0.05, 0) is 123 Å². The number of alkyl halides is 6. The van der Waals surface area contributed by atoms with Gasteiger partial charge in [0.15, 0.2) is 0 Å². The molecule has 0 atom stereocenters.